The minimum absolute atomic E-state index is 0.00928. The van der Waals surface area contributed by atoms with E-state index in [2.05, 4.69) is 15.3 Å². The lowest BCUT2D eigenvalue weighted by molar-refractivity contribution is -0.141. The van der Waals surface area contributed by atoms with Gasteiger partial charge in [-0.1, -0.05) is 49.2 Å². The molecule has 2 aliphatic rings. The zero-order valence-electron chi connectivity index (χ0n) is 23.4. The van der Waals surface area contributed by atoms with E-state index in [-0.39, 0.29) is 36.4 Å². The molecule has 1 amide bonds. The van der Waals surface area contributed by atoms with Gasteiger partial charge < -0.3 is 29.7 Å². The standard InChI is InChI=1S/C30H36F3N5O4/c1-42-18-29(41)13-6-5-12-25(29)38-19-35-26(27(38)20-8-3-2-4-9-20)28(40)37-15-14-34-17-21(37)16-23(39)22-10-7-11-24(36-22)30(31,32)33/h2-4,7-11,19,21,23,25,34,39,41H,5-6,12-18H2,1H3/t21-,23-,25-,29-/m1/s1. The Morgan fingerprint density at radius 2 is 1.98 bits per heavy atom. The minimum atomic E-state index is -4.63. The molecule has 1 saturated heterocycles. The van der Waals surface area contributed by atoms with E-state index < -0.39 is 29.6 Å². The Morgan fingerprint density at radius 1 is 1.19 bits per heavy atom. The Labute approximate surface area is 242 Å². The average Bonchev–Trinajstić information content (AvgIpc) is 3.42. The van der Waals surface area contributed by atoms with Crippen LogP contribution in [0, 0.1) is 0 Å². The topological polar surface area (TPSA) is 113 Å². The summed E-state index contributed by atoms with van der Waals surface area (Å²) in [7, 11) is 1.55. The molecule has 0 radical (unpaired) electrons. The van der Waals surface area contributed by atoms with Gasteiger partial charge in [0.2, 0.25) is 0 Å². The lowest BCUT2D eigenvalue weighted by Crippen LogP contribution is -2.54. The van der Waals surface area contributed by atoms with Crippen LogP contribution in [0.5, 0.6) is 0 Å². The molecule has 2 fully saturated rings. The van der Waals surface area contributed by atoms with Crippen molar-refractivity contribution in [3.05, 3.63) is 71.9 Å². The number of alkyl halides is 3. The molecule has 0 spiro atoms. The predicted octanol–water partition coefficient (Wildman–Crippen LogP) is 3.99. The first-order chi connectivity index (χ1) is 20.1. The molecular weight excluding hydrogens is 551 g/mol. The van der Waals surface area contributed by atoms with Crippen LogP contribution in [0.3, 0.4) is 0 Å². The zero-order valence-corrected chi connectivity index (χ0v) is 23.4. The number of nitrogens with zero attached hydrogens (tertiary/aromatic N) is 4. The van der Waals surface area contributed by atoms with E-state index >= 15 is 0 Å². The Kier molecular flexibility index (Phi) is 8.97. The largest absolute Gasteiger partial charge is 0.433 e. The van der Waals surface area contributed by atoms with Crippen LogP contribution < -0.4 is 5.32 Å². The van der Waals surface area contributed by atoms with Crippen LogP contribution >= 0.6 is 0 Å². The fraction of sp³-hybridized carbons (Fsp3) is 0.500. The number of ether oxygens (including phenoxy) is 1. The fourth-order valence-electron chi connectivity index (χ4n) is 6.20. The third-order valence-electron chi connectivity index (χ3n) is 8.24. The van der Waals surface area contributed by atoms with Crippen molar-refractivity contribution in [2.45, 2.75) is 62.1 Å². The number of carbonyl (C=O) groups is 1. The van der Waals surface area contributed by atoms with Gasteiger partial charge in [-0.25, -0.2) is 9.97 Å². The Morgan fingerprint density at radius 3 is 2.71 bits per heavy atom. The highest BCUT2D eigenvalue weighted by Gasteiger charge is 2.42. The molecule has 1 aromatic carbocycles. The maximum absolute atomic E-state index is 14.2. The van der Waals surface area contributed by atoms with Crippen molar-refractivity contribution in [1.82, 2.24) is 24.8 Å². The molecular formula is C30H36F3N5O4. The van der Waals surface area contributed by atoms with Crippen molar-refractivity contribution < 1.29 is 32.9 Å². The molecule has 1 aliphatic heterocycles. The summed E-state index contributed by atoms with van der Waals surface area (Å²) in [5, 5.41) is 25.7. The van der Waals surface area contributed by atoms with E-state index in [9.17, 15) is 28.2 Å². The highest BCUT2D eigenvalue weighted by atomic mass is 19.4. The summed E-state index contributed by atoms with van der Waals surface area (Å²) >= 11 is 0. The normalized spacial score (nSPS) is 24.0. The first-order valence-corrected chi connectivity index (χ1v) is 14.2. The molecule has 4 atom stereocenters. The lowest BCUT2D eigenvalue weighted by atomic mass is 9.80. The van der Waals surface area contributed by atoms with Crippen molar-refractivity contribution in [3.8, 4) is 11.3 Å². The molecule has 42 heavy (non-hydrogen) atoms. The second-order valence-electron chi connectivity index (χ2n) is 11.1. The lowest BCUT2D eigenvalue weighted by Gasteiger charge is -2.41. The molecule has 3 heterocycles. The summed E-state index contributed by atoms with van der Waals surface area (Å²) in [5.74, 6) is -0.352. The maximum Gasteiger partial charge on any atom is 0.433 e. The van der Waals surface area contributed by atoms with E-state index in [0.29, 0.717) is 38.2 Å². The summed E-state index contributed by atoms with van der Waals surface area (Å²) in [6, 6.07) is 11.9. The number of carbonyl (C=O) groups excluding carboxylic acids is 1. The number of aliphatic hydroxyl groups is 2. The smallest absolute Gasteiger partial charge is 0.387 e. The number of hydrogen-bond donors (Lipinski definition) is 3. The molecule has 1 saturated carbocycles. The highest BCUT2D eigenvalue weighted by molar-refractivity contribution is 5.98. The van der Waals surface area contributed by atoms with Gasteiger partial charge in [0, 0.05) is 44.8 Å². The van der Waals surface area contributed by atoms with Gasteiger partial charge in [-0.05, 0) is 25.0 Å². The summed E-state index contributed by atoms with van der Waals surface area (Å²) < 4.78 is 46.9. The molecule has 1 aliphatic carbocycles. The minimum Gasteiger partial charge on any atom is -0.387 e. The maximum atomic E-state index is 14.2. The molecule has 9 nitrogen and oxygen atoms in total. The van der Waals surface area contributed by atoms with Gasteiger partial charge in [0.1, 0.15) is 11.3 Å². The monoisotopic (exact) mass is 587 g/mol. The van der Waals surface area contributed by atoms with Gasteiger partial charge >= 0.3 is 6.18 Å². The van der Waals surface area contributed by atoms with Gasteiger partial charge in [-0.15, -0.1) is 0 Å². The first-order valence-electron chi connectivity index (χ1n) is 14.2. The second kappa shape index (κ2) is 12.5. The molecule has 3 aromatic rings. The summed E-state index contributed by atoms with van der Waals surface area (Å²) in [6.45, 7) is 1.33. The average molecular weight is 588 g/mol. The number of halogens is 3. The van der Waals surface area contributed by atoms with Crippen LogP contribution in [0.1, 0.15) is 66.1 Å². The molecule has 0 bridgehead atoms. The predicted molar refractivity (Wildman–Crippen MR) is 149 cm³/mol. The van der Waals surface area contributed by atoms with Crippen LogP contribution in [-0.2, 0) is 10.9 Å². The van der Waals surface area contributed by atoms with E-state index in [4.69, 9.17) is 4.74 Å². The Balaban J connectivity index is 1.47. The van der Waals surface area contributed by atoms with Crippen molar-refractivity contribution in [1.29, 1.82) is 0 Å². The van der Waals surface area contributed by atoms with E-state index in [1.807, 2.05) is 34.9 Å². The molecule has 12 heteroatoms. The Bertz CT molecular complexity index is 1360. The van der Waals surface area contributed by atoms with Gasteiger partial charge in [0.05, 0.1) is 36.5 Å². The molecule has 226 valence electrons. The van der Waals surface area contributed by atoms with Crippen molar-refractivity contribution in [3.63, 3.8) is 0 Å². The number of hydrogen-bond acceptors (Lipinski definition) is 7. The molecule has 5 rings (SSSR count). The fourth-order valence-corrected chi connectivity index (χ4v) is 6.20. The number of amides is 1. The number of aromatic nitrogens is 3. The summed E-state index contributed by atoms with van der Waals surface area (Å²) in [6.07, 6.45) is -1.33. The number of benzene rings is 1. The van der Waals surface area contributed by atoms with Crippen LogP contribution in [0.25, 0.3) is 11.3 Å². The van der Waals surface area contributed by atoms with E-state index in [1.54, 1.807) is 18.3 Å². The third kappa shape index (κ3) is 6.22. The van der Waals surface area contributed by atoms with Crippen LogP contribution in [0.4, 0.5) is 13.2 Å². The quantitative estimate of drug-likeness (QED) is 0.365. The van der Waals surface area contributed by atoms with Crippen LogP contribution in [-0.4, -0.2) is 80.5 Å². The number of aliphatic hydroxyl groups excluding tert-OH is 1. The number of imidazole rings is 1. The van der Waals surface area contributed by atoms with Gasteiger partial charge in [-0.2, -0.15) is 13.2 Å². The number of rotatable bonds is 8. The van der Waals surface area contributed by atoms with Crippen LogP contribution in [0.15, 0.2) is 54.9 Å². The van der Waals surface area contributed by atoms with Crippen molar-refractivity contribution >= 4 is 5.91 Å². The number of methoxy groups -OCH3 is 1. The van der Waals surface area contributed by atoms with E-state index in [1.165, 1.54) is 12.1 Å². The molecule has 3 N–H and O–H groups in total. The van der Waals surface area contributed by atoms with Crippen molar-refractivity contribution in [2.75, 3.05) is 33.4 Å². The van der Waals surface area contributed by atoms with Crippen LogP contribution in [0.2, 0.25) is 0 Å². The zero-order chi connectivity index (χ0) is 29.9. The van der Waals surface area contributed by atoms with Crippen molar-refractivity contribution in [2.24, 2.45) is 0 Å². The number of pyridine rings is 1. The first kappa shape index (κ1) is 30.1. The molecule has 0 unspecified atom stereocenters. The van der Waals surface area contributed by atoms with Gasteiger partial charge in [0.25, 0.3) is 5.91 Å². The molecule has 2 aromatic heterocycles. The van der Waals surface area contributed by atoms with Gasteiger partial charge in [0.15, 0.2) is 5.69 Å². The SMILES string of the molecule is COC[C@]1(O)CCCC[C@H]1n1cnc(C(=O)N2CCNC[C@H]2C[C@@H](O)c2cccc(C(F)(F)F)n2)c1-c1ccccc1. The summed E-state index contributed by atoms with van der Waals surface area (Å²) in [5.41, 5.74) is -0.750. The third-order valence-corrected chi connectivity index (χ3v) is 8.24. The summed E-state index contributed by atoms with van der Waals surface area (Å²) in [4.78, 5) is 24.0. The highest BCUT2D eigenvalue weighted by Crippen LogP contribution is 2.41. The second-order valence-corrected chi connectivity index (χ2v) is 11.1. The Hall–Kier alpha value is -3.32. The van der Waals surface area contributed by atoms with Gasteiger partial charge in [-0.3, -0.25) is 4.79 Å². The number of piperazine rings is 1. The van der Waals surface area contributed by atoms with E-state index in [0.717, 1.165) is 24.5 Å². The number of nitrogens with one attached hydrogen (secondary N) is 1.